The molecule has 5 rings (SSSR count). The Morgan fingerprint density at radius 2 is 1.68 bits per heavy atom. The van der Waals surface area contributed by atoms with E-state index in [-0.39, 0.29) is 24.4 Å². The van der Waals surface area contributed by atoms with E-state index in [0.29, 0.717) is 37.1 Å². The molecule has 8 nitrogen and oxygen atoms in total. The molecule has 2 aromatic carbocycles. The van der Waals surface area contributed by atoms with Gasteiger partial charge in [0, 0.05) is 24.8 Å². The summed E-state index contributed by atoms with van der Waals surface area (Å²) < 4.78 is 1.70. The van der Waals surface area contributed by atoms with Crippen LogP contribution in [0, 0.1) is 0 Å². The van der Waals surface area contributed by atoms with Gasteiger partial charge in [0.15, 0.2) is 0 Å². The number of hydrogen-bond donors (Lipinski definition) is 2. The standard InChI is InChI=1S/C26H27N5O3/c32-23(27-16-9-17-30-24(33)26(28-25(30)34)14-7-8-15-26)21-18-31(20-12-5-2-6-13-20)29-22(21)19-10-3-1-4-11-19/h1-6,10-13,18H,7-9,14-17H2,(H,27,32)(H,28,34). The lowest BCUT2D eigenvalue weighted by atomic mass is 9.98. The molecule has 2 aliphatic rings. The maximum Gasteiger partial charge on any atom is 0.325 e. The van der Waals surface area contributed by atoms with Crippen LogP contribution in [0.15, 0.2) is 66.9 Å². The van der Waals surface area contributed by atoms with Crippen molar-refractivity contribution < 1.29 is 14.4 Å². The van der Waals surface area contributed by atoms with Crippen LogP contribution in [-0.4, -0.2) is 51.2 Å². The van der Waals surface area contributed by atoms with Crippen LogP contribution < -0.4 is 10.6 Å². The van der Waals surface area contributed by atoms with Gasteiger partial charge in [0.05, 0.1) is 11.3 Å². The van der Waals surface area contributed by atoms with Crippen molar-refractivity contribution in [1.29, 1.82) is 0 Å². The van der Waals surface area contributed by atoms with Crippen molar-refractivity contribution in [3.8, 4) is 16.9 Å². The van der Waals surface area contributed by atoms with E-state index < -0.39 is 5.54 Å². The second kappa shape index (κ2) is 9.13. The van der Waals surface area contributed by atoms with Crippen molar-refractivity contribution >= 4 is 17.8 Å². The summed E-state index contributed by atoms with van der Waals surface area (Å²) >= 11 is 0. The molecule has 2 heterocycles. The monoisotopic (exact) mass is 457 g/mol. The van der Waals surface area contributed by atoms with E-state index in [1.165, 1.54) is 4.90 Å². The highest BCUT2D eigenvalue weighted by atomic mass is 16.2. The summed E-state index contributed by atoms with van der Waals surface area (Å²) in [5.74, 6) is -0.373. The molecule has 2 N–H and O–H groups in total. The Bertz CT molecular complexity index is 1200. The lowest BCUT2D eigenvalue weighted by Crippen LogP contribution is -2.44. The molecule has 1 aromatic heterocycles. The van der Waals surface area contributed by atoms with Gasteiger partial charge in [-0.2, -0.15) is 5.10 Å². The molecule has 1 spiro atoms. The number of hydrogen-bond acceptors (Lipinski definition) is 4. The number of nitrogens with one attached hydrogen (secondary N) is 2. The normalized spacial score (nSPS) is 16.8. The van der Waals surface area contributed by atoms with Gasteiger partial charge >= 0.3 is 6.03 Å². The molecule has 2 fully saturated rings. The molecule has 1 aliphatic heterocycles. The first-order chi connectivity index (χ1) is 16.6. The number of rotatable bonds is 7. The number of carbonyl (C=O) groups excluding carboxylic acids is 3. The number of benzene rings is 2. The van der Waals surface area contributed by atoms with E-state index in [0.717, 1.165) is 24.1 Å². The number of para-hydroxylation sites is 1. The summed E-state index contributed by atoms with van der Waals surface area (Å²) in [4.78, 5) is 39.5. The van der Waals surface area contributed by atoms with Gasteiger partial charge in [-0.3, -0.25) is 14.5 Å². The number of nitrogens with zero attached hydrogens (tertiary/aromatic N) is 3. The van der Waals surface area contributed by atoms with Crippen molar-refractivity contribution in [3.63, 3.8) is 0 Å². The van der Waals surface area contributed by atoms with E-state index in [2.05, 4.69) is 15.7 Å². The Labute approximate surface area is 197 Å². The minimum absolute atomic E-state index is 0.128. The summed E-state index contributed by atoms with van der Waals surface area (Å²) in [6.07, 6.45) is 5.53. The third kappa shape index (κ3) is 4.07. The Kier molecular flexibility index (Phi) is 5.88. The molecule has 1 aliphatic carbocycles. The van der Waals surface area contributed by atoms with Crippen LogP contribution in [0.5, 0.6) is 0 Å². The average molecular weight is 458 g/mol. The Morgan fingerprint density at radius 3 is 2.38 bits per heavy atom. The van der Waals surface area contributed by atoms with Crippen molar-refractivity contribution in [1.82, 2.24) is 25.3 Å². The highest BCUT2D eigenvalue weighted by molar-refractivity contribution is 6.07. The SMILES string of the molecule is O=C(NCCCN1C(=O)NC2(CCCC2)C1=O)c1cn(-c2ccccc2)nc1-c1ccccc1. The smallest absolute Gasteiger partial charge is 0.325 e. The van der Waals surface area contributed by atoms with Crippen molar-refractivity contribution in [3.05, 3.63) is 72.4 Å². The second-order valence-electron chi connectivity index (χ2n) is 8.82. The van der Waals surface area contributed by atoms with Gasteiger partial charge < -0.3 is 10.6 Å². The lowest BCUT2D eigenvalue weighted by Gasteiger charge is -2.20. The largest absolute Gasteiger partial charge is 0.352 e. The first-order valence-electron chi connectivity index (χ1n) is 11.7. The van der Waals surface area contributed by atoms with Gasteiger partial charge in [0.1, 0.15) is 11.2 Å². The molecule has 8 heteroatoms. The number of amides is 4. The number of carbonyl (C=O) groups is 3. The zero-order valence-electron chi connectivity index (χ0n) is 18.9. The van der Waals surface area contributed by atoms with Crippen LogP contribution in [0.1, 0.15) is 42.5 Å². The summed E-state index contributed by atoms with van der Waals surface area (Å²) in [6.45, 7) is 0.620. The molecule has 174 valence electrons. The van der Waals surface area contributed by atoms with Gasteiger partial charge in [0.25, 0.3) is 11.8 Å². The van der Waals surface area contributed by atoms with Gasteiger partial charge in [-0.05, 0) is 31.4 Å². The fraction of sp³-hybridized carbons (Fsp3) is 0.308. The number of urea groups is 1. The quantitative estimate of drug-likeness (QED) is 0.419. The Balaban J connectivity index is 1.26. The maximum absolute atomic E-state index is 13.1. The molecule has 3 aromatic rings. The minimum atomic E-state index is -0.697. The zero-order chi connectivity index (χ0) is 23.5. The lowest BCUT2D eigenvalue weighted by molar-refractivity contribution is -0.131. The van der Waals surface area contributed by atoms with Crippen molar-refractivity contribution in [2.45, 2.75) is 37.6 Å². The molecule has 1 saturated carbocycles. The molecule has 0 radical (unpaired) electrons. The van der Waals surface area contributed by atoms with Crippen LogP contribution >= 0.6 is 0 Å². The average Bonchev–Trinajstić information content (AvgIpc) is 3.58. The molecule has 0 atom stereocenters. The minimum Gasteiger partial charge on any atom is -0.352 e. The highest BCUT2D eigenvalue weighted by Gasteiger charge is 2.51. The van der Waals surface area contributed by atoms with Gasteiger partial charge in [-0.25, -0.2) is 9.48 Å². The maximum atomic E-state index is 13.1. The number of aromatic nitrogens is 2. The third-order valence-corrected chi connectivity index (χ3v) is 6.57. The van der Waals surface area contributed by atoms with E-state index in [1.807, 2.05) is 60.7 Å². The third-order valence-electron chi connectivity index (χ3n) is 6.57. The van der Waals surface area contributed by atoms with Crippen molar-refractivity contribution in [2.75, 3.05) is 13.1 Å². The summed E-state index contributed by atoms with van der Waals surface area (Å²) in [5.41, 5.74) is 2.08. The van der Waals surface area contributed by atoms with Gasteiger partial charge in [-0.15, -0.1) is 0 Å². The predicted molar refractivity (Wildman–Crippen MR) is 127 cm³/mol. The fourth-order valence-corrected chi connectivity index (χ4v) is 4.79. The first kappa shape index (κ1) is 21.9. The van der Waals surface area contributed by atoms with Crippen molar-refractivity contribution in [2.24, 2.45) is 0 Å². The first-order valence-corrected chi connectivity index (χ1v) is 11.7. The van der Waals surface area contributed by atoms with Crippen LogP contribution in [0.2, 0.25) is 0 Å². The highest BCUT2D eigenvalue weighted by Crippen LogP contribution is 2.35. The van der Waals surface area contributed by atoms with Crippen LogP contribution in [0.25, 0.3) is 16.9 Å². The molecule has 0 bridgehead atoms. The summed E-state index contributed by atoms with van der Waals surface area (Å²) in [7, 11) is 0. The Morgan fingerprint density at radius 1 is 1.00 bits per heavy atom. The van der Waals surface area contributed by atoms with Gasteiger partial charge in [-0.1, -0.05) is 61.4 Å². The fourth-order valence-electron chi connectivity index (χ4n) is 4.79. The van der Waals surface area contributed by atoms with E-state index >= 15 is 0 Å². The molecular formula is C26H27N5O3. The molecule has 1 saturated heterocycles. The summed E-state index contributed by atoms with van der Waals surface area (Å²) in [5, 5.41) is 10.5. The summed E-state index contributed by atoms with van der Waals surface area (Å²) in [6, 6.07) is 18.9. The van der Waals surface area contributed by atoms with Gasteiger partial charge in [0.2, 0.25) is 0 Å². The zero-order valence-corrected chi connectivity index (χ0v) is 18.9. The second-order valence-corrected chi connectivity index (χ2v) is 8.82. The number of imide groups is 1. The molecule has 4 amide bonds. The topological polar surface area (TPSA) is 96.3 Å². The molecule has 34 heavy (non-hydrogen) atoms. The molecule has 0 unspecified atom stereocenters. The van der Waals surface area contributed by atoms with Crippen LogP contribution in [0.4, 0.5) is 4.79 Å². The van der Waals surface area contributed by atoms with Crippen LogP contribution in [-0.2, 0) is 4.79 Å². The van der Waals surface area contributed by atoms with E-state index in [4.69, 9.17) is 0 Å². The molecular weight excluding hydrogens is 430 g/mol. The van der Waals surface area contributed by atoms with E-state index in [1.54, 1.807) is 10.9 Å². The van der Waals surface area contributed by atoms with Crippen LogP contribution in [0.3, 0.4) is 0 Å². The Hall–Kier alpha value is -3.94. The van der Waals surface area contributed by atoms with E-state index in [9.17, 15) is 14.4 Å². The predicted octanol–water partition coefficient (Wildman–Crippen LogP) is 3.52.